The Morgan fingerprint density at radius 3 is 1.00 bits per heavy atom. The highest BCUT2D eigenvalue weighted by Gasteiger charge is 1.78. The van der Waals surface area contributed by atoms with Crippen molar-refractivity contribution in [1.29, 1.82) is 0 Å². The summed E-state index contributed by atoms with van der Waals surface area (Å²) < 4.78 is -0.750. The normalized spacial score (nSPS) is 6.00. The first kappa shape index (κ1) is 15.7. The van der Waals surface area contributed by atoms with Crippen LogP contribution in [-0.2, 0) is 0 Å². The van der Waals surface area contributed by atoms with Crippen LogP contribution in [-0.4, -0.2) is 4.30 Å². The van der Waals surface area contributed by atoms with Crippen molar-refractivity contribution < 1.29 is 0 Å². The first-order valence-corrected chi connectivity index (χ1v) is 1.96. The molecular weight excluding hydrogens is 162 g/mol. The van der Waals surface area contributed by atoms with Crippen molar-refractivity contribution in [3.63, 3.8) is 0 Å². The van der Waals surface area contributed by atoms with Crippen LogP contribution in [0.5, 0.6) is 0 Å². The smallest absolute Gasteiger partial charge is 0.180 e. The van der Waals surface area contributed by atoms with E-state index >= 15 is 0 Å². The minimum absolute atomic E-state index is 0. The van der Waals surface area contributed by atoms with E-state index in [0.29, 0.717) is 0 Å². The Kier molecular flexibility index (Phi) is 24.9. The predicted molar refractivity (Wildman–Crippen MR) is 38.5 cm³/mol. The summed E-state index contributed by atoms with van der Waals surface area (Å²) in [5.74, 6) is 0. The second-order valence-corrected chi connectivity index (χ2v) is 2.23. The number of alkyl halides is 3. The Morgan fingerprint density at radius 1 is 1.00 bits per heavy atom. The van der Waals surface area contributed by atoms with Gasteiger partial charge in [0.25, 0.3) is 0 Å². The van der Waals surface area contributed by atoms with Crippen LogP contribution in [0.4, 0.5) is 0 Å². The molecule has 0 heterocycles. The third-order valence-electron chi connectivity index (χ3n) is 0. The number of hydrogen-bond donors (Lipinski definition) is 0. The van der Waals surface area contributed by atoms with Crippen LogP contribution in [0.15, 0.2) is 0 Å². The average molecular weight is 170 g/mol. The second-order valence-electron chi connectivity index (χ2n) is 0.247. The van der Waals surface area contributed by atoms with Crippen molar-refractivity contribution in [1.82, 2.24) is 0 Å². The van der Waals surface area contributed by atoms with Crippen LogP contribution >= 0.6 is 48.3 Å². The van der Waals surface area contributed by atoms with E-state index in [1.807, 2.05) is 0 Å². The summed E-state index contributed by atoms with van der Waals surface area (Å²) >= 11 is 14.4. The van der Waals surface area contributed by atoms with Crippen molar-refractivity contribution in [2.24, 2.45) is 0 Å². The first-order chi connectivity index (χ1) is 1.73. The van der Waals surface area contributed by atoms with Gasteiger partial charge < -0.3 is 0 Å². The molecule has 0 bridgehead atoms. The van der Waals surface area contributed by atoms with Gasteiger partial charge in [-0.2, -0.15) is 13.5 Å². The van der Waals surface area contributed by atoms with Gasteiger partial charge in [-0.15, -0.1) is 0 Å². The van der Waals surface area contributed by atoms with Crippen LogP contribution in [0.2, 0.25) is 0 Å². The van der Waals surface area contributed by atoms with E-state index in [4.69, 9.17) is 34.8 Å². The van der Waals surface area contributed by atoms with E-state index in [9.17, 15) is 0 Å². The Morgan fingerprint density at radius 2 is 1.00 bits per heavy atom. The molecule has 0 aliphatic rings. The first-order valence-electron chi connectivity index (χ1n) is 0.655. The molecule has 0 atom stereocenters. The van der Waals surface area contributed by atoms with Gasteiger partial charge in [0, 0.05) is 0 Å². The maximum Gasteiger partial charge on any atom is 0.180 e. The lowest BCUT2D eigenvalue weighted by Gasteiger charge is -1.69. The quantitative estimate of drug-likeness (QED) is 0.489. The Balaban J connectivity index is -0.0000000450. The van der Waals surface area contributed by atoms with E-state index in [0.717, 1.165) is 0 Å². The van der Waals surface area contributed by atoms with Crippen LogP contribution in [0.3, 0.4) is 0 Å². The number of hydrogen-bond acceptors (Lipinski definition) is 0. The lowest BCUT2D eigenvalue weighted by Crippen LogP contribution is -1.55. The molecule has 0 aromatic rings. The zero-order valence-corrected chi connectivity index (χ0v) is 5.48. The maximum absolute atomic E-state index is 4.81. The van der Waals surface area contributed by atoms with Crippen molar-refractivity contribution >= 4 is 48.3 Å². The molecule has 0 nitrogen and oxygen atoms in total. The fraction of sp³-hybridized carbons (Fsp3) is 1.00. The molecule has 0 aliphatic carbocycles. The van der Waals surface area contributed by atoms with Crippen LogP contribution in [0, 0.1) is 0 Å². The van der Waals surface area contributed by atoms with Gasteiger partial charge in [-0.05, 0) is 0 Å². The SMILES string of the molecule is C.ClC(Cl)Cl.S. The zero-order chi connectivity index (χ0) is 3.58. The van der Waals surface area contributed by atoms with E-state index in [2.05, 4.69) is 0 Å². The van der Waals surface area contributed by atoms with Crippen molar-refractivity contribution in [2.45, 2.75) is 11.7 Å². The summed E-state index contributed by atoms with van der Waals surface area (Å²) in [4.78, 5) is 0. The molecule has 0 aromatic heterocycles. The van der Waals surface area contributed by atoms with Gasteiger partial charge in [0.2, 0.25) is 0 Å². The van der Waals surface area contributed by atoms with Crippen LogP contribution in [0.1, 0.15) is 7.43 Å². The summed E-state index contributed by atoms with van der Waals surface area (Å²) in [6.07, 6.45) is 0. The molecule has 42 valence electrons. The molecule has 0 spiro atoms. The van der Waals surface area contributed by atoms with Crippen LogP contribution < -0.4 is 0 Å². The molecule has 0 rings (SSSR count). The van der Waals surface area contributed by atoms with Gasteiger partial charge in [-0.3, -0.25) is 0 Å². The fourth-order valence-corrected chi connectivity index (χ4v) is 0. The van der Waals surface area contributed by atoms with Gasteiger partial charge >= 0.3 is 0 Å². The predicted octanol–water partition coefficient (Wildman–Crippen LogP) is 2.74. The van der Waals surface area contributed by atoms with Gasteiger partial charge in [-0.1, -0.05) is 42.2 Å². The van der Waals surface area contributed by atoms with E-state index in [1.165, 1.54) is 0 Å². The monoisotopic (exact) mass is 168 g/mol. The molecule has 0 saturated carbocycles. The molecule has 0 radical (unpaired) electrons. The van der Waals surface area contributed by atoms with E-state index in [1.54, 1.807) is 0 Å². The molecule has 0 N–H and O–H groups in total. The summed E-state index contributed by atoms with van der Waals surface area (Å²) in [5.41, 5.74) is 0. The molecule has 0 aromatic carbocycles. The second kappa shape index (κ2) is 9.52. The summed E-state index contributed by atoms with van der Waals surface area (Å²) in [6, 6.07) is 0. The number of rotatable bonds is 0. The Hall–Kier alpha value is 1.22. The van der Waals surface area contributed by atoms with Crippen molar-refractivity contribution in [3.8, 4) is 0 Å². The topological polar surface area (TPSA) is 0 Å². The molecule has 0 fully saturated rings. The molecule has 6 heavy (non-hydrogen) atoms. The highest BCUT2D eigenvalue weighted by Crippen LogP contribution is 2.03. The highest BCUT2D eigenvalue weighted by atomic mass is 35.6. The Bertz CT molecular complexity index is 13.5. The minimum atomic E-state index is -0.750. The molecular formula is C2H7Cl3S. The van der Waals surface area contributed by atoms with Gasteiger partial charge in [0.05, 0.1) is 0 Å². The summed E-state index contributed by atoms with van der Waals surface area (Å²) in [5, 5.41) is 0. The van der Waals surface area contributed by atoms with Gasteiger partial charge in [0.1, 0.15) is 0 Å². The average Bonchev–Trinajstić information content (AvgIpc) is 0.811. The largest absolute Gasteiger partial charge is 0.197 e. The molecule has 0 unspecified atom stereocenters. The van der Waals surface area contributed by atoms with Crippen molar-refractivity contribution in [2.75, 3.05) is 0 Å². The van der Waals surface area contributed by atoms with Crippen molar-refractivity contribution in [3.05, 3.63) is 0 Å². The summed E-state index contributed by atoms with van der Waals surface area (Å²) in [7, 11) is 0. The lowest BCUT2D eigenvalue weighted by atomic mass is 11.9. The summed E-state index contributed by atoms with van der Waals surface area (Å²) in [6.45, 7) is 0. The third kappa shape index (κ3) is 62.5. The van der Waals surface area contributed by atoms with E-state index in [-0.39, 0.29) is 20.9 Å². The minimum Gasteiger partial charge on any atom is -0.197 e. The van der Waals surface area contributed by atoms with Gasteiger partial charge in [-0.25, -0.2) is 0 Å². The maximum atomic E-state index is 4.81. The molecule has 0 aliphatic heterocycles. The third-order valence-corrected chi connectivity index (χ3v) is 0. The van der Waals surface area contributed by atoms with Gasteiger partial charge in [0.15, 0.2) is 4.30 Å². The standard InChI is InChI=1S/CHCl3.CH4.H2S/c2-1(3)4;;/h1H;1H4;1H2. The highest BCUT2D eigenvalue weighted by molar-refractivity contribution is 7.59. The number of halogens is 3. The molecule has 0 saturated heterocycles. The fourth-order valence-electron chi connectivity index (χ4n) is 0. The van der Waals surface area contributed by atoms with Crippen LogP contribution in [0.25, 0.3) is 0 Å². The zero-order valence-electron chi connectivity index (χ0n) is 2.21. The Labute approximate surface area is 60.2 Å². The lowest BCUT2D eigenvalue weighted by molar-refractivity contribution is 1.96. The van der Waals surface area contributed by atoms with E-state index < -0.39 is 4.30 Å². The molecule has 0 amide bonds. The molecule has 4 heteroatoms.